The molecule has 1 fully saturated rings. The van der Waals surface area contributed by atoms with Crippen LogP contribution in [0, 0.1) is 12.7 Å². The van der Waals surface area contributed by atoms with Crippen molar-refractivity contribution >= 4 is 33.8 Å². The second kappa shape index (κ2) is 8.71. The summed E-state index contributed by atoms with van der Waals surface area (Å²) < 4.78 is 18.5. The van der Waals surface area contributed by atoms with E-state index < -0.39 is 0 Å². The third kappa shape index (κ3) is 4.38. The topological polar surface area (TPSA) is 57.7 Å². The lowest BCUT2D eigenvalue weighted by Crippen LogP contribution is -2.48. The predicted molar refractivity (Wildman–Crippen MR) is 118 cm³/mol. The maximum atomic E-state index is 13.1. The summed E-state index contributed by atoms with van der Waals surface area (Å²) in [6, 6.07) is 12.3. The number of aromatic nitrogens is 1. The van der Waals surface area contributed by atoms with Crippen molar-refractivity contribution in [3.63, 3.8) is 0 Å². The first-order chi connectivity index (χ1) is 14.5. The van der Waals surface area contributed by atoms with Crippen molar-refractivity contribution in [3.05, 3.63) is 64.9 Å². The molecule has 0 bridgehead atoms. The van der Waals surface area contributed by atoms with Crippen LogP contribution in [0.4, 0.5) is 20.9 Å². The van der Waals surface area contributed by atoms with Gasteiger partial charge in [0.1, 0.15) is 17.3 Å². The number of nitrogens with one attached hydrogen (secondary N) is 1. The molecule has 4 rings (SSSR count). The Morgan fingerprint density at radius 1 is 1.13 bits per heavy atom. The smallest absolute Gasteiger partial charge is 0.273 e. The molecule has 0 saturated carbocycles. The van der Waals surface area contributed by atoms with Crippen LogP contribution in [0.2, 0.25) is 0 Å². The summed E-state index contributed by atoms with van der Waals surface area (Å²) in [5.74, 6) is 0.402. The molecular formula is C22H23FN4O2S. The Labute approximate surface area is 178 Å². The van der Waals surface area contributed by atoms with Crippen molar-refractivity contribution in [1.29, 1.82) is 0 Å². The van der Waals surface area contributed by atoms with Crippen molar-refractivity contribution < 1.29 is 13.9 Å². The van der Waals surface area contributed by atoms with Crippen molar-refractivity contribution in [2.24, 2.45) is 0 Å². The number of hydrogen-bond donors (Lipinski definition) is 1. The minimum Gasteiger partial charge on any atom is -0.495 e. The molecule has 3 aromatic rings. The molecule has 1 aliphatic rings. The van der Waals surface area contributed by atoms with Gasteiger partial charge in [0.2, 0.25) is 0 Å². The molecule has 2 aromatic carbocycles. The molecule has 0 spiro atoms. The summed E-state index contributed by atoms with van der Waals surface area (Å²) in [5.41, 5.74) is 3.32. The van der Waals surface area contributed by atoms with E-state index in [1.807, 2.05) is 30.0 Å². The van der Waals surface area contributed by atoms with Crippen LogP contribution >= 0.6 is 11.3 Å². The number of aryl methyl sites for hydroxylation is 1. The Balaban J connectivity index is 1.39. The van der Waals surface area contributed by atoms with Gasteiger partial charge in [-0.2, -0.15) is 0 Å². The highest BCUT2D eigenvalue weighted by Crippen LogP contribution is 2.30. The van der Waals surface area contributed by atoms with Crippen LogP contribution in [0.1, 0.15) is 16.1 Å². The Morgan fingerprint density at radius 2 is 1.87 bits per heavy atom. The van der Waals surface area contributed by atoms with Crippen molar-refractivity contribution in [1.82, 2.24) is 9.88 Å². The van der Waals surface area contributed by atoms with Gasteiger partial charge in [0.05, 0.1) is 12.8 Å². The van der Waals surface area contributed by atoms with Crippen molar-refractivity contribution in [2.45, 2.75) is 6.92 Å². The molecule has 156 valence electrons. The maximum Gasteiger partial charge on any atom is 0.273 e. The summed E-state index contributed by atoms with van der Waals surface area (Å²) in [4.78, 5) is 21.3. The number of piperazine rings is 1. The van der Waals surface area contributed by atoms with Gasteiger partial charge in [0, 0.05) is 37.2 Å². The molecule has 1 aliphatic heterocycles. The van der Waals surface area contributed by atoms with Gasteiger partial charge in [-0.15, -0.1) is 11.3 Å². The van der Waals surface area contributed by atoms with E-state index >= 15 is 0 Å². The van der Waals surface area contributed by atoms with Gasteiger partial charge in [-0.3, -0.25) is 4.79 Å². The van der Waals surface area contributed by atoms with E-state index in [2.05, 4.69) is 15.2 Å². The molecule has 30 heavy (non-hydrogen) atoms. The van der Waals surface area contributed by atoms with E-state index in [0.29, 0.717) is 37.0 Å². The number of halogens is 1. The monoisotopic (exact) mass is 426 g/mol. The summed E-state index contributed by atoms with van der Waals surface area (Å²) in [7, 11) is 1.62. The summed E-state index contributed by atoms with van der Waals surface area (Å²) in [5, 5.41) is 5.67. The maximum absolute atomic E-state index is 13.1. The highest BCUT2D eigenvalue weighted by Gasteiger charge is 2.24. The fourth-order valence-electron chi connectivity index (χ4n) is 3.45. The first-order valence-corrected chi connectivity index (χ1v) is 10.6. The average Bonchev–Trinajstić information content (AvgIpc) is 3.23. The zero-order valence-corrected chi connectivity index (χ0v) is 17.7. The van der Waals surface area contributed by atoms with E-state index in [4.69, 9.17) is 4.74 Å². The van der Waals surface area contributed by atoms with Crippen LogP contribution in [-0.2, 0) is 0 Å². The van der Waals surface area contributed by atoms with Crippen LogP contribution in [0.3, 0.4) is 0 Å². The molecule has 1 aromatic heterocycles. The number of thiazole rings is 1. The number of carbonyl (C=O) groups excluding carboxylic acids is 1. The fraction of sp³-hybridized carbons (Fsp3) is 0.273. The first-order valence-electron chi connectivity index (χ1n) is 9.70. The number of amides is 1. The van der Waals surface area contributed by atoms with Crippen molar-refractivity contribution in [2.75, 3.05) is 43.5 Å². The number of benzene rings is 2. The fourth-order valence-corrected chi connectivity index (χ4v) is 4.14. The SMILES string of the molecule is COc1ccc(C)cc1Nc1nc(C(=O)N2CCN(c3ccc(F)cc3)CC2)cs1. The second-order valence-electron chi connectivity index (χ2n) is 7.12. The van der Waals surface area contributed by atoms with Crippen LogP contribution in [-0.4, -0.2) is 49.1 Å². The molecule has 2 heterocycles. The Hall–Kier alpha value is -3.13. The molecule has 6 nitrogen and oxygen atoms in total. The second-order valence-corrected chi connectivity index (χ2v) is 7.98. The minimum absolute atomic E-state index is 0.0748. The summed E-state index contributed by atoms with van der Waals surface area (Å²) >= 11 is 1.39. The Bertz CT molecular complexity index is 1030. The predicted octanol–water partition coefficient (Wildman–Crippen LogP) is 4.31. The van der Waals surface area contributed by atoms with E-state index in [9.17, 15) is 9.18 Å². The van der Waals surface area contributed by atoms with Gasteiger partial charge in [0.25, 0.3) is 5.91 Å². The quantitative estimate of drug-likeness (QED) is 0.659. The van der Waals surface area contributed by atoms with Gasteiger partial charge < -0.3 is 19.9 Å². The third-order valence-corrected chi connectivity index (χ3v) is 5.84. The number of rotatable bonds is 5. The zero-order chi connectivity index (χ0) is 21.1. The third-order valence-electron chi connectivity index (χ3n) is 5.08. The van der Waals surface area contributed by atoms with Gasteiger partial charge in [-0.1, -0.05) is 6.07 Å². The van der Waals surface area contributed by atoms with Gasteiger partial charge in [-0.05, 0) is 48.9 Å². The summed E-state index contributed by atoms with van der Waals surface area (Å²) in [6.07, 6.45) is 0. The Morgan fingerprint density at radius 3 is 2.57 bits per heavy atom. The van der Waals surface area contributed by atoms with Crippen LogP contribution in [0.15, 0.2) is 47.8 Å². The van der Waals surface area contributed by atoms with Crippen LogP contribution in [0.5, 0.6) is 5.75 Å². The van der Waals surface area contributed by atoms with Gasteiger partial charge in [-0.25, -0.2) is 9.37 Å². The number of carbonyl (C=O) groups is 1. The molecule has 8 heteroatoms. The molecule has 0 atom stereocenters. The first kappa shape index (κ1) is 20.2. The largest absolute Gasteiger partial charge is 0.495 e. The van der Waals surface area contributed by atoms with E-state index in [1.165, 1.54) is 23.5 Å². The summed E-state index contributed by atoms with van der Waals surface area (Å²) in [6.45, 7) is 4.61. The number of methoxy groups -OCH3 is 1. The van der Waals surface area contributed by atoms with Gasteiger partial charge in [0.15, 0.2) is 5.13 Å². The zero-order valence-electron chi connectivity index (χ0n) is 16.9. The van der Waals surface area contributed by atoms with E-state index in [1.54, 1.807) is 24.6 Å². The highest BCUT2D eigenvalue weighted by atomic mass is 32.1. The van der Waals surface area contributed by atoms with E-state index in [0.717, 1.165) is 22.7 Å². The normalized spacial score (nSPS) is 14.0. The van der Waals surface area contributed by atoms with E-state index in [-0.39, 0.29) is 11.7 Å². The number of hydrogen-bond acceptors (Lipinski definition) is 6. The van der Waals surface area contributed by atoms with Crippen molar-refractivity contribution in [3.8, 4) is 5.75 Å². The average molecular weight is 427 g/mol. The van der Waals surface area contributed by atoms with Gasteiger partial charge >= 0.3 is 0 Å². The molecule has 0 aliphatic carbocycles. The standard InChI is InChI=1S/C22H23FN4O2S/c1-15-3-8-20(29-2)18(13-15)24-22-25-19(14-30-22)21(28)27-11-9-26(10-12-27)17-6-4-16(23)5-7-17/h3-8,13-14H,9-12H2,1-2H3,(H,24,25). The molecule has 1 N–H and O–H groups in total. The molecule has 1 saturated heterocycles. The lowest BCUT2D eigenvalue weighted by molar-refractivity contribution is 0.0742. The lowest BCUT2D eigenvalue weighted by Gasteiger charge is -2.35. The lowest BCUT2D eigenvalue weighted by atomic mass is 10.2. The Kier molecular flexibility index (Phi) is 5.85. The van der Waals surface area contributed by atoms with Crippen LogP contribution in [0.25, 0.3) is 0 Å². The highest BCUT2D eigenvalue weighted by molar-refractivity contribution is 7.14. The molecular weight excluding hydrogens is 403 g/mol. The van der Waals surface area contributed by atoms with Crippen LogP contribution < -0.4 is 15.0 Å². The molecule has 1 amide bonds. The number of ether oxygens (including phenoxy) is 1. The minimum atomic E-state index is -0.246. The molecule has 0 radical (unpaired) electrons. The number of nitrogens with zero attached hydrogens (tertiary/aromatic N) is 3. The number of anilines is 3. The molecule has 0 unspecified atom stereocenters.